The molecule has 0 aromatic carbocycles. The van der Waals surface area contributed by atoms with Gasteiger partial charge in [0.05, 0.1) is 13.2 Å². The third-order valence-electron chi connectivity index (χ3n) is 14.1. The monoisotopic (exact) mass is 1030 g/mol. The van der Waals surface area contributed by atoms with Crippen molar-refractivity contribution in [3.63, 3.8) is 0 Å². The molecule has 3 atom stereocenters. The van der Waals surface area contributed by atoms with Crippen LogP contribution in [0.4, 0.5) is 0 Å². The molecule has 0 amide bonds. The summed E-state index contributed by atoms with van der Waals surface area (Å²) in [6.07, 6.45) is 60.4. The van der Waals surface area contributed by atoms with Gasteiger partial charge in [-0.25, -0.2) is 4.57 Å². The summed E-state index contributed by atoms with van der Waals surface area (Å²) < 4.78 is 33.0. The van der Waals surface area contributed by atoms with Gasteiger partial charge in [-0.05, 0) is 12.8 Å². The Hall–Kier alpha value is -1.52. The second-order valence-corrected chi connectivity index (χ2v) is 22.7. The van der Waals surface area contributed by atoms with Gasteiger partial charge in [-0.1, -0.05) is 303 Å². The highest BCUT2D eigenvalue weighted by Crippen LogP contribution is 2.43. The normalized spacial score (nSPS) is 13.3. The molecule has 0 radical (unpaired) electrons. The van der Waals surface area contributed by atoms with Crippen molar-refractivity contribution in [3.8, 4) is 0 Å². The first-order valence-electron chi connectivity index (χ1n) is 30.6. The lowest BCUT2D eigenvalue weighted by molar-refractivity contribution is -0.161. The van der Waals surface area contributed by atoms with Crippen molar-refractivity contribution in [3.05, 3.63) is 0 Å². The molecule has 0 aromatic rings. The highest BCUT2D eigenvalue weighted by Gasteiger charge is 2.28. The van der Waals surface area contributed by atoms with Crippen molar-refractivity contribution in [2.45, 2.75) is 341 Å². The molecule has 0 saturated heterocycles. The highest BCUT2D eigenvalue weighted by atomic mass is 31.2. The van der Waals surface area contributed by atoms with Gasteiger partial charge in [-0.2, -0.15) is 0 Å². The van der Waals surface area contributed by atoms with E-state index in [0.717, 1.165) is 38.5 Å². The second-order valence-electron chi connectivity index (χ2n) is 21.2. The Morgan fingerprint density at radius 3 is 0.887 bits per heavy atom. The summed E-state index contributed by atoms with van der Waals surface area (Å²) in [4.78, 5) is 46.4. The summed E-state index contributed by atoms with van der Waals surface area (Å²) in [5, 5.41) is 8.95. The first-order valence-corrected chi connectivity index (χ1v) is 32.1. The number of carbonyl (C=O) groups is 3. The molecule has 0 aliphatic heterocycles. The number of unbranched alkanes of at least 4 members (excludes halogenated alkanes) is 45. The topological polar surface area (TPSA) is 172 Å². The van der Waals surface area contributed by atoms with E-state index in [1.54, 1.807) is 0 Å². The second kappa shape index (κ2) is 54.7. The predicted octanol–water partition coefficient (Wildman–Crippen LogP) is 18.1. The van der Waals surface area contributed by atoms with E-state index in [1.165, 1.54) is 250 Å². The minimum absolute atomic E-state index is 0.171. The molecule has 11 nitrogen and oxygen atoms in total. The van der Waals surface area contributed by atoms with E-state index in [0.29, 0.717) is 12.8 Å². The zero-order chi connectivity index (χ0) is 52.0. The average Bonchev–Trinajstić information content (AvgIpc) is 3.35. The first-order chi connectivity index (χ1) is 34.6. The van der Waals surface area contributed by atoms with Crippen LogP contribution in [0, 0.1) is 0 Å². The molecular weight excluding hydrogens is 914 g/mol. The Bertz CT molecular complexity index is 1210. The third kappa shape index (κ3) is 54.6. The van der Waals surface area contributed by atoms with Gasteiger partial charge in [0.1, 0.15) is 12.6 Å². The van der Waals surface area contributed by atoms with Crippen molar-refractivity contribution < 1.29 is 47.5 Å². The Morgan fingerprint density at radius 2 is 0.620 bits per heavy atom. The minimum atomic E-state index is -4.72. The zero-order valence-electron chi connectivity index (χ0n) is 46.6. The van der Waals surface area contributed by atoms with Crippen LogP contribution in [0.25, 0.3) is 0 Å². The average molecular weight is 1030 g/mol. The lowest BCUT2D eigenvalue weighted by Crippen LogP contribution is -2.34. The molecule has 0 fully saturated rings. The number of esters is 2. The molecule has 0 saturated carbocycles. The van der Waals surface area contributed by atoms with E-state index in [-0.39, 0.29) is 19.4 Å². The molecule has 422 valence electrons. The molecule has 0 rings (SSSR count). The van der Waals surface area contributed by atoms with E-state index in [9.17, 15) is 23.8 Å². The van der Waals surface area contributed by atoms with Crippen molar-refractivity contribution in [2.24, 2.45) is 5.73 Å². The first kappa shape index (κ1) is 69.5. The standard InChI is InChI=1S/C59H116NO10P/c1-3-5-7-9-11-13-15-17-19-21-23-25-27-29-31-33-35-37-39-41-43-45-47-49-51-58(62)70-55(53-68-71(65,66)69-54-56(60)59(63)64)52-67-57(61)50-48-46-44-42-40-38-36-34-32-30-28-26-24-22-20-18-16-14-12-10-8-6-4-2/h55-56H,3-54,60H2,1-2H3,(H,63,64)(H,65,66). The van der Waals surface area contributed by atoms with Crippen LogP contribution in [-0.4, -0.2) is 59.9 Å². The molecule has 4 N–H and O–H groups in total. The fraction of sp³-hybridized carbons (Fsp3) is 0.949. The Balaban J connectivity index is 4.07. The lowest BCUT2D eigenvalue weighted by Gasteiger charge is -2.20. The van der Waals surface area contributed by atoms with E-state index in [2.05, 4.69) is 13.8 Å². The lowest BCUT2D eigenvalue weighted by atomic mass is 10.0. The summed E-state index contributed by atoms with van der Waals surface area (Å²) in [5.41, 5.74) is 5.37. The number of phosphoric ester groups is 1. The van der Waals surface area contributed by atoms with Gasteiger partial charge in [0, 0.05) is 12.8 Å². The van der Waals surface area contributed by atoms with Crippen molar-refractivity contribution in [1.29, 1.82) is 0 Å². The van der Waals surface area contributed by atoms with Crippen LogP contribution < -0.4 is 5.73 Å². The van der Waals surface area contributed by atoms with Gasteiger partial charge >= 0.3 is 25.7 Å². The number of hydrogen-bond donors (Lipinski definition) is 3. The van der Waals surface area contributed by atoms with Gasteiger partial charge in [0.2, 0.25) is 0 Å². The van der Waals surface area contributed by atoms with Crippen LogP contribution in [-0.2, 0) is 37.5 Å². The third-order valence-corrected chi connectivity index (χ3v) is 15.1. The van der Waals surface area contributed by atoms with Crippen LogP contribution >= 0.6 is 7.82 Å². The van der Waals surface area contributed by atoms with E-state index >= 15 is 0 Å². The Morgan fingerprint density at radius 1 is 0.380 bits per heavy atom. The molecule has 0 aliphatic rings. The maximum Gasteiger partial charge on any atom is 0.472 e. The fourth-order valence-corrected chi connectivity index (χ4v) is 10.1. The maximum atomic E-state index is 12.8. The number of aliphatic carboxylic acids is 1. The van der Waals surface area contributed by atoms with Crippen LogP contribution in [0.15, 0.2) is 0 Å². The Labute approximate surface area is 437 Å². The molecule has 3 unspecified atom stereocenters. The van der Waals surface area contributed by atoms with E-state index in [1.807, 2.05) is 0 Å². The number of ether oxygens (including phenoxy) is 2. The molecule has 0 heterocycles. The van der Waals surface area contributed by atoms with Gasteiger partial charge in [-0.3, -0.25) is 23.4 Å². The van der Waals surface area contributed by atoms with Crippen molar-refractivity contribution in [1.82, 2.24) is 0 Å². The summed E-state index contributed by atoms with van der Waals surface area (Å²) in [5.74, 6) is -2.34. The molecule has 0 bridgehead atoms. The largest absolute Gasteiger partial charge is 0.480 e. The van der Waals surface area contributed by atoms with E-state index < -0.39 is 51.1 Å². The number of hydrogen-bond acceptors (Lipinski definition) is 9. The molecule has 12 heteroatoms. The molecule has 0 spiro atoms. The van der Waals surface area contributed by atoms with Gasteiger partial charge in [-0.15, -0.1) is 0 Å². The van der Waals surface area contributed by atoms with Gasteiger partial charge in [0.25, 0.3) is 0 Å². The molecule has 71 heavy (non-hydrogen) atoms. The Kier molecular flexibility index (Phi) is 53.6. The summed E-state index contributed by atoms with van der Waals surface area (Å²) in [6.45, 7) is 2.90. The number of nitrogens with two attached hydrogens (primary N) is 1. The SMILES string of the molecule is CCCCCCCCCCCCCCCCCCCCCCCCCCC(=O)OC(COC(=O)CCCCCCCCCCCCCCCCCCCCCCCCC)COP(=O)(O)OCC(N)C(=O)O. The summed E-state index contributed by atoms with van der Waals surface area (Å²) in [6, 6.07) is -1.52. The fourth-order valence-electron chi connectivity index (χ4n) is 9.37. The zero-order valence-corrected chi connectivity index (χ0v) is 47.5. The summed E-state index contributed by atoms with van der Waals surface area (Å²) in [7, 11) is -4.72. The maximum absolute atomic E-state index is 12.8. The minimum Gasteiger partial charge on any atom is -0.480 e. The van der Waals surface area contributed by atoms with Crippen LogP contribution in [0.2, 0.25) is 0 Å². The van der Waals surface area contributed by atoms with Gasteiger partial charge in [0.15, 0.2) is 6.10 Å². The molecule has 0 aromatic heterocycles. The van der Waals surface area contributed by atoms with Crippen LogP contribution in [0.3, 0.4) is 0 Å². The van der Waals surface area contributed by atoms with Crippen molar-refractivity contribution in [2.75, 3.05) is 19.8 Å². The van der Waals surface area contributed by atoms with Crippen molar-refractivity contribution >= 4 is 25.7 Å². The molecular formula is C59H116NO10P. The quantitative estimate of drug-likeness (QED) is 0.0301. The number of phosphoric acid groups is 1. The summed E-state index contributed by atoms with van der Waals surface area (Å²) >= 11 is 0. The van der Waals surface area contributed by atoms with Crippen LogP contribution in [0.1, 0.15) is 328 Å². The molecule has 0 aliphatic carbocycles. The smallest absolute Gasteiger partial charge is 0.472 e. The van der Waals surface area contributed by atoms with Gasteiger partial charge < -0.3 is 25.2 Å². The number of carboxylic acids is 1. The number of carbonyl (C=O) groups excluding carboxylic acids is 2. The number of carboxylic acid groups (broad SMARTS) is 1. The van der Waals surface area contributed by atoms with Crippen LogP contribution in [0.5, 0.6) is 0 Å². The number of rotatable bonds is 59. The highest BCUT2D eigenvalue weighted by molar-refractivity contribution is 7.47. The predicted molar refractivity (Wildman–Crippen MR) is 296 cm³/mol. The van der Waals surface area contributed by atoms with E-state index in [4.69, 9.17) is 29.4 Å².